The third kappa shape index (κ3) is 2.48. The van der Waals surface area contributed by atoms with Gasteiger partial charge in [0.15, 0.2) is 17.2 Å². The van der Waals surface area contributed by atoms with Crippen molar-refractivity contribution in [3.05, 3.63) is 48.3 Å². The summed E-state index contributed by atoms with van der Waals surface area (Å²) < 4.78 is 6.37. The highest BCUT2D eigenvalue weighted by molar-refractivity contribution is 5.86. The van der Waals surface area contributed by atoms with Crippen molar-refractivity contribution in [3.63, 3.8) is 0 Å². The molecule has 7 heteroatoms. The third-order valence-corrected chi connectivity index (χ3v) is 2.94. The average Bonchev–Trinajstić information content (AvgIpc) is 2.91. The second kappa shape index (κ2) is 5.12. The molecule has 21 heavy (non-hydrogen) atoms. The van der Waals surface area contributed by atoms with Crippen LogP contribution in [0, 0.1) is 0 Å². The fourth-order valence-corrected chi connectivity index (χ4v) is 1.91. The van der Waals surface area contributed by atoms with Crippen LogP contribution in [0.3, 0.4) is 0 Å². The number of aromatic nitrogens is 3. The number of hydrogen-bond donors (Lipinski definition) is 2. The van der Waals surface area contributed by atoms with Gasteiger partial charge in [-0.1, -0.05) is 0 Å². The number of benzene rings is 1. The quantitative estimate of drug-likeness (QED) is 0.763. The Balaban J connectivity index is 1.92. The monoisotopic (exact) mass is 284 g/mol. The minimum atomic E-state index is -1.07. The number of rotatable bonds is 4. The van der Waals surface area contributed by atoms with Crippen LogP contribution in [-0.2, 0) is 0 Å². The first-order valence-corrected chi connectivity index (χ1v) is 6.16. The van der Waals surface area contributed by atoms with Crippen LogP contribution in [0.15, 0.2) is 42.6 Å². The maximum atomic E-state index is 11.1. The average molecular weight is 284 g/mol. The standard InChI is InChI=1S/C14H12N4O3/c1-21-10-4-2-9(3-5-10)16-12-6-7-13-15-8-11(14(19)20)18(13)17-12/h2-8H,1H3,(H,16,17)(H,19,20). The molecule has 0 aliphatic carbocycles. The lowest BCUT2D eigenvalue weighted by molar-refractivity contribution is 0.0688. The molecule has 2 aromatic heterocycles. The predicted octanol–water partition coefficient (Wildman–Crippen LogP) is 2.18. The Labute approximate surface area is 119 Å². The summed E-state index contributed by atoms with van der Waals surface area (Å²) in [5.41, 5.74) is 1.32. The molecule has 3 aromatic rings. The molecule has 0 saturated carbocycles. The van der Waals surface area contributed by atoms with Crippen molar-refractivity contribution in [1.82, 2.24) is 14.6 Å². The number of carbonyl (C=O) groups is 1. The maximum Gasteiger partial charge on any atom is 0.356 e. The van der Waals surface area contributed by atoms with E-state index in [1.807, 2.05) is 24.3 Å². The molecule has 0 saturated heterocycles. The van der Waals surface area contributed by atoms with Gasteiger partial charge < -0.3 is 15.2 Å². The lowest BCUT2D eigenvalue weighted by atomic mass is 10.3. The number of imidazole rings is 1. The van der Waals surface area contributed by atoms with Gasteiger partial charge in [-0.25, -0.2) is 14.3 Å². The van der Waals surface area contributed by atoms with Crippen LogP contribution in [0.2, 0.25) is 0 Å². The van der Waals surface area contributed by atoms with Crippen molar-refractivity contribution in [2.45, 2.75) is 0 Å². The summed E-state index contributed by atoms with van der Waals surface area (Å²) in [6.45, 7) is 0. The van der Waals surface area contributed by atoms with Crippen LogP contribution >= 0.6 is 0 Å². The number of anilines is 2. The first-order chi connectivity index (χ1) is 10.2. The molecule has 7 nitrogen and oxygen atoms in total. The van der Waals surface area contributed by atoms with E-state index in [0.717, 1.165) is 11.4 Å². The van der Waals surface area contributed by atoms with E-state index in [2.05, 4.69) is 15.4 Å². The highest BCUT2D eigenvalue weighted by Crippen LogP contribution is 2.19. The molecule has 3 rings (SSSR count). The fraction of sp³-hybridized carbons (Fsp3) is 0.0714. The molecule has 0 bridgehead atoms. The summed E-state index contributed by atoms with van der Waals surface area (Å²) in [4.78, 5) is 15.1. The molecule has 0 aliphatic rings. The highest BCUT2D eigenvalue weighted by Gasteiger charge is 2.11. The minimum Gasteiger partial charge on any atom is -0.497 e. The summed E-state index contributed by atoms with van der Waals surface area (Å²) >= 11 is 0. The molecular formula is C14H12N4O3. The molecule has 1 aromatic carbocycles. The van der Waals surface area contributed by atoms with Gasteiger partial charge >= 0.3 is 5.97 Å². The summed E-state index contributed by atoms with van der Waals surface area (Å²) in [7, 11) is 1.60. The van der Waals surface area contributed by atoms with Crippen molar-refractivity contribution < 1.29 is 14.6 Å². The zero-order chi connectivity index (χ0) is 14.8. The van der Waals surface area contributed by atoms with E-state index >= 15 is 0 Å². The molecule has 0 aliphatic heterocycles. The first kappa shape index (κ1) is 12.9. The van der Waals surface area contributed by atoms with Crippen molar-refractivity contribution in [2.75, 3.05) is 12.4 Å². The van der Waals surface area contributed by atoms with E-state index in [4.69, 9.17) is 9.84 Å². The highest BCUT2D eigenvalue weighted by atomic mass is 16.5. The number of methoxy groups -OCH3 is 1. The van der Waals surface area contributed by atoms with Crippen LogP contribution < -0.4 is 10.1 Å². The number of nitrogens with one attached hydrogen (secondary N) is 1. The molecule has 106 valence electrons. The van der Waals surface area contributed by atoms with Crippen LogP contribution in [0.5, 0.6) is 5.75 Å². The normalized spacial score (nSPS) is 10.5. The molecule has 2 N–H and O–H groups in total. The Bertz CT molecular complexity index is 796. The van der Waals surface area contributed by atoms with Crippen molar-refractivity contribution in [3.8, 4) is 5.75 Å². The van der Waals surface area contributed by atoms with E-state index in [-0.39, 0.29) is 5.69 Å². The SMILES string of the molecule is COc1ccc(Nc2ccc3ncc(C(=O)O)n3n2)cc1. The molecule has 0 unspecified atom stereocenters. The summed E-state index contributed by atoms with van der Waals surface area (Å²) in [6.07, 6.45) is 1.28. The van der Waals surface area contributed by atoms with Crippen LogP contribution in [0.25, 0.3) is 5.65 Å². The third-order valence-electron chi connectivity index (χ3n) is 2.94. The Hall–Kier alpha value is -3.09. The number of carboxylic acids is 1. The number of aromatic carboxylic acids is 1. The zero-order valence-corrected chi connectivity index (χ0v) is 11.1. The molecule has 0 amide bonds. The van der Waals surface area contributed by atoms with E-state index < -0.39 is 5.97 Å². The molecule has 0 fully saturated rings. The van der Waals surface area contributed by atoms with E-state index in [1.165, 1.54) is 10.7 Å². The van der Waals surface area contributed by atoms with Crippen molar-refractivity contribution >= 4 is 23.1 Å². The van der Waals surface area contributed by atoms with Gasteiger partial charge in [0, 0.05) is 5.69 Å². The molecule has 0 spiro atoms. The van der Waals surface area contributed by atoms with Gasteiger partial charge in [-0.3, -0.25) is 0 Å². The van der Waals surface area contributed by atoms with Crippen molar-refractivity contribution in [2.24, 2.45) is 0 Å². The van der Waals surface area contributed by atoms with Crippen LogP contribution in [0.4, 0.5) is 11.5 Å². The van der Waals surface area contributed by atoms with Gasteiger partial charge in [0.05, 0.1) is 13.3 Å². The summed E-state index contributed by atoms with van der Waals surface area (Å²) in [5.74, 6) is 0.205. The molecule has 0 radical (unpaired) electrons. The second-order valence-electron chi connectivity index (χ2n) is 4.29. The number of nitrogens with zero attached hydrogens (tertiary/aromatic N) is 3. The lowest BCUT2D eigenvalue weighted by Gasteiger charge is -2.07. The zero-order valence-electron chi connectivity index (χ0n) is 11.1. The number of ether oxygens (including phenoxy) is 1. The summed E-state index contributed by atoms with van der Waals surface area (Å²) in [6, 6.07) is 10.8. The molecule has 2 heterocycles. The van der Waals surface area contributed by atoms with Crippen LogP contribution in [0.1, 0.15) is 10.5 Å². The first-order valence-electron chi connectivity index (χ1n) is 6.16. The smallest absolute Gasteiger partial charge is 0.356 e. The van der Waals surface area contributed by atoms with Gasteiger partial charge in [0.1, 0.15) is 5.75 Å². The van der Waals surface area contributed by atoms with E-state index in [0.29, 0.717) is 11.5 Å². The van der Waals surface area contributed by atoms with Gasteiger partial charge in [-0.15, -0.1) is 5.10 Å². The number of hydrogen-bond acceptors (Lipinski definition) is 5. The van der Waals surface area contributed by atoms with E-state index in [9.17, 15) is 4.79 Å². The van der Waals surface area contributed by atoms with Crippen molar-refractivity contribution in [1.29, 1.82) is 0 Å². The van der Waals surface area contributed by atoms with Gasteiger partial charge in [0.25, 0.3) is 0 Å². The Morgan fingerprint density at radius 2 is 2.00 bits per heavy atom. The number of fused-ring (bicyclic) bond motifs is 1. The Kier molecular flexibility index (Phi) is 3.15. The fourth-order valence-electron chi connectivity index (χ4n) is 1.91. The summed E-state index contributed by atoms with van der Waals surface area (Å²) in [5, 5.41) is 16.4. The largest absolute Gasteiger partial charge is 0.497 e. The maximum absolute atomic E-state index is 11.1. The van der Waals surface area contributed by atoms with Gasteiger partial charge in [-0.2, -0.15) is 0 Å². The topological polar surface area (TPSA) is 88.8 Å². The minimum absolute atomic E-state index is 0.0170. The Morgan fingerprint density at radius 1 is 1.24 bits per heavy atom. The molecule has 0 atom stereocenters. The van der Waals surface area contributed by atoms with Gasteiger partial charge in [0.2, 0.25) is 0 Å². The van der Waals surface area contributed by atoms with Gasteiger partial charge in [-0.05, 0) is 36.4 Å². The Morgan fingerprint density at radius 3 is 2.67 bits per heavy atom. The molecular weight excluding hydrogens is 272 g/mol. The van der Waals surface area contributed by atoms with E-state index in [1.54, 1.807) is 19.2 Å². The van der Waals surface area contributed by atoms with Crippen LogP contribution in [-0.4, -0.2) is 32.8 Å². The second-order valence-corrected chi connectivity index (χ2v) is 4.29. The number of carboxylic acid groups (broad SMARTS) is 1. The lowest BCUT2D eigenvalue weighted by Crippen LogP contribution is -2.06. The predicted molar refractivity (Wildman–Crippen MR) is 76.2 cm³/mol.